The average Bonchev–Trinajstić information content (AvgIpc) is 3.54. The number of hydrogen-bond donors (Lipinski definition) is 2. The summed E-state index contributed by atoms with van der Waals surface area (Å²) in [5.41, 5.74) is 7.70. The van der Waals surface area contributed by atoms with Crippen molar-refractivity contribution in [1.82, 2.24) is 21.0 Å². The van der Waals surface area contributed by atoms with Crippen LogP contribution in [0.25, 0.3) is 11.5 Å². The van der Waals surface area contributed by atoms with Crippen molar-refractivity contribution in [3.63, 3.8) is 0 Å². The maximum Gasteiger partial charge on any atom is 0.276 e. The number of ether oxygens (including phenoxy) is 1. The van der Waals surface area contributed by atoms with Crippen LogP contribution in [-0.2, 0) is 22.4 Å². The van der Waals surface area contributed by atoms with Crippen molar-refractivity contribution in [2.45, 2.75) is 19.3 Å². The summed E-state index contributed by atoms with van der Waals surface area (Å²) >= 11 is 1.53. The van der Waals surface area contributed by atoms with Gasteiger partial charge in [-0.2, -0.15) is 11.3 Å². The fraction of sp³-hybridized carbons (Fsp3) is 0.167. The molecule has 8 nitrogen and oxygen atoms in total. The van der Waals surface area contributed by atoms with Crippen LogP contribution < -0.4 is 15.6 Å². The van der Waals surface area contributed by atoms with Gasteiger partial charge in [0.1, 0.15) is 5.75 Å². The van der Waals surface area contributed by atoms with Crippen LogP contribution in [0.2, 0.25) is 0 Å². The molecule has 0 bridgehead atoms. The van der Waals surface area contributed by atoms with Crippen molar-refractivity contribution in [1.29, 1.82) is 0 Å². The fourth-order valence-corrected chi connectivity index (χ4v) is 3.70. The first kappa shape index (κ1) is 22.2. The van der Waals surface area contributed by atoms with Crippen LogP contribution in [0.1, 0.15) is 23.4 Å². The molecule has 2 amide bonds. The molecule has 4 rings (SSSR count). The van der Waals surface area contributed by atoms with E-state index >= 15 is 0 Å². The van der Waals surface area contributed by atoms with Gasteiger partial charge < -0.3 is 9.15 Å². The Morgan fingerprint density at radius 2 is 1.73 bits per heavy atom. The Labute approximate surface area is 194 Å². The smallest absolute Gasteiger partial charge is 0.276 e. The highest BCUT2D eigenvalue weighted by Crippen LogP contribution is 2.22. The Morgan fingerprint density at radius 1 is 0.939 bits per heavy atom. The quantitative estimate of drug-likeness (QED) is 0.369. The van der Waals surface area contributed by atoms with Gasteiger partial charge in [0.25, 0.3) is 5.91 Å². The summed E-state index contributed by atoms with van der Waals surface area (Å²) < 4.78 is 11.2. The predicted molar refractivity (Wildman–Crippen MR) is 123 cm³/mol. The number of benzene rings is 2. The van der Waals surface area contributed by atoms with Gasteiger partial charge >= 0.3 is 0 Å². The Morgan fingerprint density at radius 3 is 2.55 bits per heavy atom. The summed E-state index contributed by atoms with van der Waals surface area (Å²) in [6.45, 7) is -0.222. The van der Waals surface area contributed by atoms with Crippen LogP contribution in [0.3, 0.4) is 0 Å². The van der Waals surface area contributed by atoms with Crippen molar-refractivity contribution < 1.29 is 18.7 Å². The highest BCUT2D eigenvalue weighted by atomic mass is 32.1. The molecule has 0 atom stereocenters. The second-order valence-corrected chi connectivity index (χ2v) is 7.95. The van der Waals surface area contributed by atoms with E-state index in [4.69, 9.17) is 9.15 Å². The number of hydrogen-bond acceptors (Lipinski definition) is 7. The number of carbonyl (C=O) groups excluding carboxylic acids is 2. The number of nitrogens with zero attached hydrogens (tertiary/aromatic N) is 2. The number of aromatic nitrogens is 2. The molecule has 168 valence electrons. The topological polar surface area (TPSA) is 106 Å². The molecule has 0 saturated carbocycles. The van der Waals surface area contributed by atoms with Gasteiger partial charge in [0, 0.05) is 30.2 Å². The molecule has 0 fully saturated rings. The number of carbonyl (C=O) groups is 2. The normalized spacial score (nSPS) is 10.5. The third-order valence-electron chi connectivity index (χ3n) is 4.71. The van der Waals surface area contributed by atoms with Gasteiger partial charge in [0.2, 0.25) is 17.7 Å². The molecule has 2 N–H and O–H groups in total. The van der Waals surface area contributed by atoms with Crippen LogP contribution in [-0.4, -0.2) is 28.6 Å². The van der Waals surface area contributed by atoms with Crippen molar-refractivity contribution in [3.05, 3.63) is 88.4 Å². The van der Waals surface area contributed by atoms with Crippen LogP contribution in [0, 0.1) is 0 Å². The number of aryl methyl sites for hydroxylation is 1. The van der Waals surface area contributed by atoms with Gasteiger partial charge in [-0.3, -0.25) is 20.4 Å². The summed E-state index contributed by atoms with van der Waals surface area (Å²) in [5.74, 6) is 0.569. The van der Waals surface area contributed by atoms with E-state index in [9.17, 15) is 9.59 Å². The molecule has 0 radical (unpaired) electrons. The van der Waals surface area contributed by atoms with E-state index < -0.39 is 5.91 Å². The molecule has 2 aromatic carbocycles. The molecule has 0 spiro atoms. The van der Waals surface area contributed by atoms with Gasteiger partial charge in [-0.25, -0.2) is 0 Å². The Balaban J connectivity index is 1.20. The minimum Gasteiger partial charge on any atom is -0.483 e. The van der Waals surface area contributed by atoms with Crippen LogP contribution >= 0.6 is 11.3 Å². The SMILES string of the molecule is O=C(CCc1nnc(-c2ccsc2)o1)NNC(=O)COc1ccccc1Cc1ccccc1. The fourth-order valence-electron chi connectivity index (χ4n) is 3.07. The minimum absolute atomic E-state index is 0.0896. The molecule has 0 saturated heterocycles. The highest BCUT2D eigenvalue weighted by Gasteiger charge is 2.12. The summed E-state index contributed by atoms with van der Waals surface area (Å²) in [4.78, 5) is 24.1. The van der Waals surface area contributed by atoms with Gasteiger partial charge in [0.05, 0.1) is 0 Å². The second-order valence-electron chi connectivity index (χ2n) is 7.17. The number of amides is 2. The van der Waals surface area contributed by atoms with Gasteiger partial charge in [-0.15, -0.1) is 10.2 Å². The van der Waals surface area contributed by atoms with Crippen molar-refractivity contribution in [2.24, 2.45) is 0 Å². The molecule has 0 unspecified atom stereocenters. The van der Waals surface area contributed by atoms with E-state index in [1.807, 2.05) is 71.4 Å². The van der Waals surface area contributed by atoms with Gasteiger partial charge in [0.15, 0.2) is 6.61 Å². The molecule has 33 heavy (non-hydrogen) atoms. The zero-order valence-corrected chi connectivity index (χ0v) is 18.5. The molecule has 2 heterocycles. The van der Waals surface area contributed by atoms with E-state index in [1.54, 1.807) is 0 Å². The minimum atomic E-state index is -0.463. The third-order valence-corrected chi connectivity index (χ3v) is 5.39. The largest absolute Gasteiger partial charge is 0.483 e. The zero-order chi connectivity index (χ0) is 22.9. The first-order valence-corrected chi connectivity index (χ1v) is 11.3. The maximum absolute atomic E-state index is 12.1. The van der Waals surface area contributed by atoms with Gasteiger partial charge in [-0.05, 0) is 28.6 Å². The predicted octanol–water partition coefficient (Wildman–Crippen LogP) is 3.55. The number of rotatable bonds is 9. The monoisotopic (exact) mass is 462 g/mol. The molecule has 0 aliphatic rings. The van der Waals surface area contributed by atoms with Crippen molar-refractivity contribution >= 4 is 23.2 Å². The van der Waals surface area contributed by atoms with Crippen molar-refractivity contribution in [2.75, 3.05) is 6.61 Å². The molecule has 4 aromatic rings. The summed E-state index contributed by atoms with van der Waals surface area (Å²) in [6, 6.07) is 19.4. The Bertz CT molecular complexity index is 1190. The van der Waals surface area contributed by atoms with Crippen LogP contribution in [0.15, 0.2) is 75.8 Å². The second kappa shape index (κ2) is 11.1. The lowest BCUT2D eigenvalue weighted by Gasteiger charge is -2.12. The maximum atomic E-state index is 12.1. The number of para-hydroxylation sites is 1. The molecular formula is C24H22N4O4S. The van der Waals surface area contributed by atoms with E-state index in [0.717, 1.165) is 16.7 Å². The average molecular weight is 463 g/mol. The Hall–Kier alpha value is -3.98. The van der Waals surface area contributed by atoms with E-state index in [0.29, 0.717) is 24.0 Å². The highest BCUT2D eigenvalue weighted by molar-refractivity contribution is 7.08. The lowest BCUT2D eigenvalue weighted by Crippen LogP contribution is -2.43. The molecule has 9 heteroatoms. The first-order valence-electron chi connectivity index (χ1n) is 10.3. The Kier molecular flexibility index (Phi) is 7.44. The number of nitrogens with one attached hydrogen (secondary N) is 2. The third kappa shape index (κ3) is 6.50. The number of hydrazine groups is 1. The molecular weight excluding hydrogens is 440 g/mol. The zero-order valence-electron chi connectivity index (χ0n) is 17.7. The molecule has 0 aliphatic heterocycles. The van der Waals surface area contributed by atoms with E-state index in [1.165, 1.54) is 11.3 Å². The van der Waals surface area contributed by atoms with E-state index in [2.05, 4.69) is 21.0 Å². The molecule has 0 aliphatic carbocycles. The van der Waals surface area contributed by atoms with E-state index in [-0.39, 0.29) is 25.4 Å². The van der Waals surface area contributed by atoms with Crippen LogP contribution in [0.4, 0.5) is 0 Å². The van der Waals surface area contributed by atoms with Gasteiger partial charge in [-0.1, -0.05) is 48.5 Å². The number of thiophene rings is 1. The summed E-state index contributed by atoms with van der Waals surface area (Å²) in [7, 11) is 0. The summed E-state index contributed by atoms with van der Waals surface area (Å²) in [6.07, 6.45) is 1.05. The van der Waals surface area contributed by atoms with Crippen molar-refractivity contribution in [3.8, 4) is 17.2 Å². The lowest BCUT2D eigenvalue weighted by molar-refractivity contribution is -0.130. The lowest BCUT2D eigenvalue weighted by atomic mass is 10.0. The van der Waals surface area contributed by atoms with Crippen LogP contribution in [0.5, 0.6) is 5.75 Å². The first-order chi connectivity index (χ1) is 16.2. The molecule has 2 aromatic heterocycles. The standard InChI is InChI=1S/C24H22N4O4S/c29-21(10-11-23-27-28-24(32-23)19-12-13-33-16-19)25-26-22(30)15-31-20-9-5-4-8-18(20)14-17-6-2-1-3-7-17/h1-9,12-13,16H,10-11,14-15H2,(H,25,29)(H,26,30). The summed E-state index contributed by atoms with van der Waals surface area (Å²) in [5, 5.41) is 11.7.